The van der Waals surface area contributed by atoms with E-state index in [1.54, 1.807) is 0 Å². The van der Waals surface area contributed by atoms with E-state index in [1.807, 2.05) is 6.92 Å². The first-order chi connectivity index (χ1) is 6.27. The Labute approximate surface area is 77.8 Å². The topological polar surface area (TPSA) is 46.0 Å². The van der Waals surface area contributed by atoms with Crippen molar-refractivity contribution in [3.63, 3.8) is 0 Å². The number of hydrogen-bond acceptors (Lipinski definition) is 3. The highest BCUT2D eigenvalue weighted by molar-refractivity contribution is 5.22. The SMILES string of the molecule is Cc1nc(C2CCCC2)ncc1O. The molecule has 1 aromatic heterocycles. The van der Waals surface area contributed by atoms with Crippen LogP contribution in [-0.2, 0) is 0 Å². The van der Waals surface area contributed by atoms with E-state index in [0.717, 1.165) is 5.82 Å². The lowest BCUT2D eigenvalue weighted by atomic mass is 10.1. The molecule has 0 spiro atoms. The number of aryl methyl sites for hydroxylation is 1. The fraction of sp³-hybridized carbons (Fsp3) is 0.600. The Hall–Kier alpha value is -1.12. The summed E-state index contributed by atoms with van der Waals surface area (Å²) < 4.78 is 0. The van der Waals surface area contributed by atoms with Gasteiger partial charge in [0.05, 0.1) is 11.9 Å². The van der Waals surface area contributed by atoms with Crippen LogP contribution in [0.3, 0.4) is 0 Å². The van der Waals surface area contributed by atoms with Gasteiger partial charge in [-0.05, 0) is 19.8 Å². The van der Waals surface area contributed by atoms with E-state index in [0.29, 0.717) is 11.6 Å². The highest BCUT2D eigenvalue weighted by atomic mass is 16.3. The molecule has 13 heavy (non-hydrogen) atoms. The summed E-state index contributed by atoms with van der Waals surface area (Å²) in [6, 6.07) is 0. The molecule has 1 fully saturated rings. The van der Waals surface area contributed by atoms with Crippen molar-refractivity contribution in [3.8, 4) is 5.75 Å². The second kappa shape index (κ2) is 3.32. The monoisotopic (exact) mass is 178 g/mol. The summed E-state index contributed by atoms with van der Waals surface area (Å²) in [4.78, 5) is 8.45. The maximum absolute atomic E-state index is 9.26. The van der Waals surface area contributed by atoms with Gasteiger partial charge in [0.25, 0.3) is 0 Å². The smallest absolute Gasteiger partial charge is 0.155 e. The van der Waals surface area contributed by atoms with Crippen LogP contribution in [0, 0.1) is 6.92 Å². The van der Waals surface area contributed by atoms with Crippen molar-refractivity contribution >= 4 is 0 Å². The molecule has 1 N–H and O–H groups in total. The zero-order chi connectivity index (χ0) is 9.26. The Bertz CT molecular complexity index is 306. The van der Waals surface area contributed by atoms with Crippen LogP contribution in [0.4, 0.5) is 0 Å². The number of rotatable bonds is 1. The van der Waals surface area contributed by atoms with Crippen molar-refractivity contribution < 1.29 is 5.11 Å². The molecule has 0 atom stereocenters. The summed E-state index contributed by atoms with van der Waals surface area (Å²) in [6.07, 6.45) is 6.48. The zero-order valence-electron chi connectivity index (χ0n) is 7.82. The van der Waals surface area contributed by atoms with Crippen molar-refractivity contribution in [3.05, 3.63) is 17.7 Å². The summed E-state index contributed by atoms with van der Waals surface area (Å²) in [7, 11) is 0. The number of hydrogen-bond donors (Lipinski definition) is 1. The average Bonchev–Trinajstić information content (AvgIpc) is 2.62. The van der Waals surface area contributed by atoms with E-state index in [-0.39, 0.29) is 5.75 Å². The van der Waals surface area contributed by atoms with E-state index in [2.05, 4.69) is 9.97 Å². The molecule has 0 amide bonds. The predicted molar refractivity (Wildman–Crippen MR) is 49.6 cm³/mol. The van der Waals surface area contributed by atoms with E-state index < -0.39 is 0 Å². The largest absolute Gasteiger partial charge is 0.504 e. The standard InChI is InChI=1S/C10H14N2O/c1-7-9(13)6-11-10(12-7)8-4-2-3-5-8/h6,8,13H,2-5H2,1H3. The third kappa shape index (κ3) is 1.64. The van der Waals surface area contributed by atoms with Gasteiger partial charge in [-0.3, -0.25) is 0 Å². The molecule has 3 heteroatoms. The van der Waals surface area contributed by atoms with Crippen LogP contribution in [-0.4, -0.2) is 15.1 Å². The molecule has 1 aliphatic carbocycles. The summed E-state index contributed by atoms with van der Waals surface area (Å²) in [5.41, 5.74) is 0.692. The van der Waals surface area contributed by atoms with Gasteiger partial charge in [-0.2, -0.15) is 0 Å². The molecule has 0 radical (unpaired) electrons. The second-order valence-corrected chi connectivity index (χ2v) is 3.68. The maximum atomic E-state index is 9.26. The first-order valence-electron chi connectivity index (χ1n) is 4.80. The third-order valence-corrected chi connectivity index (χ3v) is 2.69. The summed E-state index contributed by atoms with van der Waals surface area (Å²) in [6.45, 7) is 1.81. The lowest BCUT2D eigenvalue weighted by molar-refractivity contribution is 0.461. The Balaban J connectivity index is 2.25. The van der Waals surface area contributed by atoms with Crippen LogP contribution < -0.4 is 0 Å². The van der Waals surface area contributed by atoms with Crippen molar-refractivity contribution in [1.29, 1.82) is 0 Å². The van der Waals surface area contributed by atoms with Gasteiger partial charge in [-0.15, -0.1) is 0 Å². The number of aromatic hydroxyl groups is 1. The van der Waals surface area contributed by atoms with Crippen LogP contribution >= 0.6 is 0 Å². The minimum atomic E-state index is 0.196. The summed E-state index contributed by atoms with van der Waals surface area (Å²) in [5.74, 6) is 1.63. The van der Waals surface area contributed by atoms with Gasteiger partial charge in [-0.25, -0.2) is 9.97 Å². The zero-order valence-corrected chi connectivity index (χ0v) is 7.82. The van der Waals surface area contributed by atoms with E-state index in [1.165, 1.54) is 31.9 Å². The molecule has 0 aliphatic heterocycles. The van der Waals surface area contributed by atoms with Crippen LogP contribution in [0.1, 0.15) is 43.1 Å². The third-order valence-electron chi connectivity index (χ3n) is 2.69. The van der Waals surface area contributed by atoms with E-state index in [9.17, 15) is 5.11 Å². The first-order valence-corrected chi connectivity index (χ1v) is 4.80. The fourth-order valence-electron chi connectivity index (χ4n) is 1.86. The molecule has 1 heterocycles. The molecule has 2 rings (SSSR count). The molecule has 1 aromatic rings. The quantitative estimate of drug-likeness (QED) is 0.716. The molecule has 1 saturated carbocycles. The van der Waals surface area contributed by atoms with Crippen molar-refractivity contribution in [2.75, 3.05) is 0 Å². The van der Waals surface area contributed by atoms with Crippen molar-refractivity contribution in [2.45, 2.75) is 38.5 Å². The molecular formula is C10H14N2O. The van der Waals surface area contributed by atoms with Gasteiger partial charge in [-0.1, -0.05) is 12.8 Å². The molecular weight excluding hydrogens is 164 g/mol. The average molecular weight is 178 g/mol. The van der Waals surface area contributed by atoms with Gasteiger partial charge in [0.1, 0.15) is 5.82 Å². The van der Waals surface area contributed by atoms with Gasteiger partial charge < -0.3 is 5.11 Å². The minimum Gasteiger partial charge on any atom is -0.504 e. The fourth-order valence-corrected chi connectivity index (χ4v) is 1.86. The van der Waals surface area contributed by atoms with Crippen LogP contribution in [0.5, 0.6) is 5.75 Å². The Morgan fingerprint density at radius 3 is 2.69 bits per heavy atom. The van der Waals surface area contributed by atoms with Gasteiger partial charge >= 0.3 is 0 Å². The van der Waals surface area contributed by atoms with Gasteiger partial charge in [0.15, 0.2) is 5.75 Å². The number of aromatic nitrogens is 2. The molecule has 3 nitrogen and oxygen atoms in total. The lowest BCUT2D eigenvalue weighted by Crippen LogP contribution is -2.01. The van der Waals surface area contributed by atoms with E-state index in [4.69, 9.17) is 0 Å². The molecule has 0 unspecified atom stereocenters. The Kier molecular flexibility index (Phi) is 2.17. The summed E-state index contributed by atoms with van der Waals surface area (Å²) >= 11 is 0. The Morgan fingerprint density at radius 1 is 1.38 bits per heavy atom. The highest BCUT2D eigenvalue weighted by Gasteiger charge is 2.19. The number of nitrogens with zero attached hydrogens (tertiary/aromatic N) is 2. The maximum Gasteiger partial charge on any atom is 0.155 e. The molecule has 0 bridgehead atoms. The normalized spacial score (nSPS) is 17.9. The minimum absolute atomic E-state index is 0.196. The highest BCUT2D eigenvalue weighted by Crippen LogP contribution is 2.32. The molecule has 70 valence electrons. The van der Waals surface area contributed by atoms with Crippen LogP contribution in [0.2, 0.25) is 0 Å². The lowest BCUT2D eigenvalue weighted by Gasteiger charge is -2.07. The van der Waals surface area contributed by atoms with E-state index >= 15 is 0 Å². The second-order valence-electron chi connectivity index (χ2n) is 3.68. The molecule has 0 saturated heterocycles. The summed E-state index contributed by atoms with van der Waals surface area (Å²) in [5, 5.41) is 9.26. The molecule has 1 aliphatic rings. The van der Waals surface area contributed by atoms with Crippen LogP contribution in [0.15, 0.2) is 6.20 Å². The molecule has 0 aromatic carbocycles. The first kappa shape index (κ1) is 8.48. The van der Waals surface area contributed by atoms with Crippen molar-refractivity contribution in [1.82, 2.24) is 9.97 Å². The predicted octanol–water partition coefficient (Wildman–Crippen LogP) is 2.15. The van der Waals surface area contributed by atoms with Gasteiger partial charge in [0.2, 0.25) is 0 Å². The van der Waals surface area contributed by atoms with Crippen molar-refractivity contribution in [2.24, 2.45) is 0 Å². The Morgan fingerprint density at radius 2 is 2.08 bits per heavy atom. The van der Waals surface area contributed by atoms with Gasteiger partial charge in [0, 0.05) is 5.92 Å². The van der Waals surface area contributed by atoms with Crippen LogP contribution in [0.25, 0.3) is 0 Å².